The Morgan fingerprint density at radius 1 is 0.768 bits per heavy atom. The zero-order valence-electron chi connectivity index (χ0n) is 61.3. The molecule has 31 nitrogen and oxygen atoms in total. The lowest BCUT2D eigenvalue weighted by Gasteiger charge is -2.47. The maximum Gasteiger partial charge on any atom is 0.524 e. The average molecular weight is 1640 g/mol. The van der Waals surface area contributed by atoms with Gasteiger partial charge in [-0.05, 0) is 107 Å². The molecular formula is C69H81F10N12O19PS. The zero-order valence-corrected chi connectivity index (χ0v) is 63.0. The van der Waals surface area contributed by atoms with E-state index in [1.54, 1.807) is 5.32 Å². The van der Waals surface area contributed by atoms with Crippen molar-refractivity contribution in [3.8, 4) is 28.8 Å². The Labute approximate surface area is 634 Å². The summed E-state index contributed by atoms with van der Waals surface area (Å²) in [5.74, 6) is -7.78. The molecule has 5 heterocycles. The van der Waals surface area contributed by atoms with Gasteiger partial charge in [-0.1, -0.05) is 43.9 Å². The minimum atomic E-state index is -5.70. The first-order valence-electron chi connectivity index (χ1n) is 34.1. The number of rotatable bonds is 31. The summed E-state index contributed by atoms with van der Waals surface area (Å²) < 4.78 is 224. The number of hydrogen-bond acceptors (Lipinski definition) is 21. The van der Waals surface area contributed by atoms with E-state index in [-0.39, 0.29) is 39.0 Å². The van der Waals surface area contributed by atoms with Gasteiger partial charge in [-0.15, -0.1) is 0 Å². The number of ether oxygens (including phenoxy) is 4. The second-order valence-corrected chi connectivity index (χ2v) is 31.3. The number of phosphoric acid groups is 1. The normalized spacial score (nSPS) is 17.2. The highest BCUT2D eigenvalue weighted by Gasteiger charge is 2.58. The fourth-order valence-electron chi connectivity index (χ4n) is 13.1. The number of carboxylic acid groups (broad SMARTS) is 1. The zero-order chi connectivity index (χ0) is 83.1. The molecule has 3 aliphatic rings. The van der Waals surface area contributed by atoms with E-state index < -0.39 is 203 Å². The number of alkyl halides is 8. The minimum absolute atomic E-state index is 0.0340. The summed E-state index contributed by atoms with van der Waals surface area (Å²) in [7, 11) is -9.39. The Bertz CT molecular complexity index is 4500. The third kappa shape index (κ3) is 22.3. The number of phosphoric ester groups is 1. The maximum atomic E-state index is 16.9. The first-order valence-corrected chi connectivity index (χ1v) is 37.2. The average Bonchev–Trinajstić information content (AvgIpc) is 1.55. The van der Waals surface area contributed by atoms with Crippen LogP contribution in [0.5, 0.6) is 5.75 Å². The topological polar surface area (TPSA) is 411 Å². The number of alkyl carbamates (subject to hydrolysis) is 2. The minimum Gasteiger partial charge on any atom is -0.480 e. The van der Waals surface area contributed by atoms with E-state index in [1.807, 2.05) is 16.1 Å². The molecule has 7 atom stereocenters. The number of hydrazine groups is 1. The molecule has 3 fully saturated rings. The SMILES string of the molecule is COC(=O)N[C@H](C(=O)N[C@@H](Cc1ccc(C#Cc2cnc(N3CC4CCC(C3)N4C3COC3)nc2)cc1)[C@H](CN(Cc1c(F)cc(-c2ccn(C(F)F)n2)cc1F)NC(=O)[C@@H](NC(=O)OC)C(C)(C)C(F)(F)F)OC(=O)CC(C)(C)c1c(CC(=O)N[C@@H](CS(=O)(=O)O)C(=O)O)cc(C)cc1OP(=O)(O)O)C(C)(C)C(F)(F)F. The lowest BCUT2D eigenvalue weighted by atomic mass is 9.77. The highest BCUT2D eigenvalue weighted by Crippen LogP contribution is 2.47. The number of aryl methyl sites for hydroxylation is 1. The molecule has 2 bridgehead atoms. The third-order valence-corrected chi connectivity index (χ3v) is 20.3. The first kappa shape index (κ1) is 87.8. The fourth-order valence-corrected chi connectivity index (χ4v) is 14.1. The van der Waals surface area contributed by atoms with E-state index >= 15 is 44.7 Å². The predicted molar refractivity (Wildman–Crippen MR) is 372 cm³/mol. The Hall–Kier alpha value is -9.76. The highest BCUT2D eigenvalue weighted by molar-refractivity contribution is 7.85. The van der Waals surface area contributed by atoms with Crippen molar-refractivity contribution in [1.82, 2.24) is 56.4 Å². The molecule has 612 valence electrons. The molecule has 5 aromatic rings. The number of carboxylic acids is 1. The van der Waals surface area contributed by atoms with E-state index in [0.717, 1.165) is 52.1 Å². The van der Waals surface area contributed by atoms with Crippen LogP contribution >= 0.6 is 7.82 Å². The number of esters is 1. The van der Waals surface area contributed by atoms with Gasteiger partial charge in [0.2, 0.25) is 17.8 Å². The number of benzene rings is 3. The van der Waals surface area contributed by atoms with Crippen LogP contribution < -0.4 is 36.1 Å². The van der Waals surface area contributed by atoms with Crippen LogP contribution in [0.4, 0.5) is 59.4 Å². The predicted octanol–water partition coefficient (Wildman–Crippen LogP) is 6.71. The van der Waals surface area contributed by atoms with Gasteiger partial charge in [-0.2, -0.15) is 48.6 Å². The molecule has 9 N–H and O–H groups in total. The number of carbonyl (C=O) groups is 7. The monoisotopic (exact) mass is 1630 g/mol. The number of piperazine rings is 1. The van der Waals surface area contributed by atoms with Crippen LogP contribution in [0.3, 0.4) is 0 Å². The number of aromatic nitrogens is 4. The summed E-state index contributed by atoms with van der Waals surface area (Å²) in [6.45, 7) is 2.06. The molecule has 3 aliphatic heterocycles. The number of anilines is 1. The van der Waals surface area contributed by atoms with E-state index in [9.17, 15) is 65.2 Å². The number of carbonyl (C=O) groups excluding carboxylic acids is 6. The number of halogens is 10. The van der Waals surface area contributed by atoms with E-state index in [4.69, 9.17) is 14.0 Å². The smallest absolute Gasteiger partial charge is 0.480 e. The van der Waals surface area contributed by atoms with Crippen LogP contribution in [-0.2, 0) is 82.4 Å². The van der Waals surface area contributed by atoms with Crippen LogP contribution in [0.25, 0.3) is 11.3 Å². The third-order valence-electron chi connectivity index (χ3n) is 19.1. The van der Waals surface area contributed by atoms with Crippen molar-refractivity contribution < 1.29 is 133 Å². The number of aliphatic carboxylic acids is 1. The van der Waals surface area contributed by atoms with Crippen LogP contribution in [0.1, 0.15) is 106 Å². The number of nitrogens with zero attached hydrogens (tertiary/aromatic N) is 7. The van der Waals surface area contributed by atoms with E-state index in [2.05, 4.69) is 51.5 Å². The van der Waals surface area contributed by atoms with Crippen molar-refractivity contribution in [2.75, 3.05) is 57.7 Å². The van der Waals surface area contributed by atoms with E-state index in [1.165, 1.54) is 49.6 Å². The molecule has 0 aliphatic carbocycles. The van der Waals surface area contributed by atoms with Gasteiger partial charge in [0.25, 0.3) is 16.0 Å². The summed E-state index contributed by atoms with van der Waals surface area (Å²) in [5, 5.41) is 21.5. The number of methoxy groups -OCH3 is 2. The molecule has 8 rings (SSSR count). The number of fused-ring (bicyclic) bond motifs is 2. The lowest BCUT2D eigenvalue weighted by molar-refractivity contribution is -0.221. The van der Waals surface area contributed by atoms with Gasteiger partial charge < -0.3 is 54.7 Å². The lowest BCUT2D eigenvalue weighted by Crippen LogP contribution is -2.64. The molecule has 0 spiro atoms. The van der Waals surface area contributed by atoms with Crippen LogP contribution in [-0.4, -0.2) is 213 Å². The van der Waals surface area contributed by atoms with Crippen molar-refractivity contribution in [3.05, 3.63) is 124 Å². The summed E-state index contributed by atoms with van der Waals surface area (Å²) in [5.41, 5.74) is -8.92. The molecular weight excluding hydrogens is 1550 g/mol. The largest absolute Gasteiger partial charge is 0.524 e. The first-order chi connectivity index (χ1) is 52.0. The van der Waals surface area contributed by atoms with E-state index in [0.29, 0.717) is 95.8 Å². The second kappa shape index (κ2) is 35.1. The van der Waals surface area contributed by atoms with Gasteiger partial charge in [0.15, 0.2) is 0 Å². The number of nitrogens with one attached hydrogen (secondary N) is 5. The fraction of sp³-hybridized carbons (Fsp3) is 0.507. The van der Waals surface area contributed by atoms with Crippen LogP contribution in [0.15, 0.2) is 73.2 Å². The van der Waals surface area contributed by atoms with Gasteiger partial charge >= 0.3 is 50.8 Å². The summed E-state index contributed by atoms with van der Waals surface area (Å²) in [4.78, 5) is 131. The molecule has 0 radical (unpaired) electrons. The molecule has 112 heavy (non-hydrogen) atoms. The van der Waals surface area contributed by atoms with Crippen molar-refractivity contribution in [1.29, 1.82) is 0 Å². The Morgan fingerprint density at radius 2 is 1.32 bits per heavy atom. The Morgan fingerprint density at radius 3 is 1.81 bits per heavy atom. The summed E-state index contributed by atoms with van der Waals surface area (Å²) in [6, 6.07) is 0.588. The van der Waals surface area contributed by atoms with Gasteiger partial charge in [-0.25, -0.2) is 47.4 Å². The highest BCUT2D eigenvalue weighted by atomic mass is 32.2. The molecule has 0 saturated carbocycles. The van der Waals surface area contributed by atoms with Crippen molar-refractivity contribution in [3.63, 3.8) is 0 Å². The van der Waals surface area contributed by atoms with Crippen molar-refractivity contribution in [2.45, 2.75) is 160 Å². The Balaban J connectivity index is 1.28. The molecule has 3 aromatic carbocycles. The molecule has 3 saturated heterocycles. The second-order valence-electron chi connectivity index (χ2n) is 28.6. The molecule has 2 aromatic heterocycles. The van der Waals surface area contributed by atoms with Crippen LogP contribution in [0.2, 0.25) is 0 Å². The van der Waals surface area contributed by atoms with Crippen LogP contribution in [0, 0.1) is 41.2 Å². The van der Waals surface area contributed by atoms with Gasteiger partial charge in [-0.3, -0.25) is 43.8 Å². The summed E-state index contributed by atoms with van der Waals surface area (Å²) >= 11 is 0. The van der Waals surface area contributed by atoms with Gasteiger partial charge in [0.1, 0.15) is 47.4 Å². The van der Waals surface area contributed by atoms with Gasteiger partial charge in [0, 0.05) is 78.0 Å². The molecule has 43 heteroatoms. The maximum absolute atomic E-state index is 16.9. The number of amides is 5. The molecule has 5 amide bonds. The summed E-state index contributed by atoms with van der Waals surface area (Å²) in [6.07, 6.45) is -13.8. The quantitative estimate of drug-likeness (QED) is 0.00423. The Kier molecular flexibility index (Phi) is 27.5. The van der Waals surface area contributed by atoms with Gasteiger partial charge in [0.05, 0.1) is 81.0 Å². The van der Waals surface area contributed by atoms with Crippen molar-refractivity contribution in [2.24, 2.45) is 10.8 Å². The number of hydrogen-bond donors (Lipinski definition) is 9. The standard InChI is InChI=1S/C69H81F10N12O19PS/c1-36-20-41(25-53(92)82-50(60(96)97)35-112(103,104)105)55(51(21-36)110-111(100,101)102)65(2,3)26-54(93)109-52(32-89(87-59(95)57(85-64(99)107-9)67(6,7)69(77,78)79)31-45-46(70)23-40(24-47(45)71)48-18-19-90(86-48)61(72)73)49(83-58(94)56(84-63(98)106-8)66(4,5)68(74,75)76)22-38-13-10-37(11-14-38)12-15-39-27-80-62(81-28-39)88-29-42-16-17-43(30-88)91(42)44-33-108-34-44/h10-11,13-14,18-21,23-24,27-28,42-44,49-50,52,56-57,61H,16-17,22,25-26,29-35H2,1-9H3,(H,82,92)(H,83,94)(H,84,98)(H,85,99)(H,87,95)(H,96,97)(H2,100,101,102)(H,103,104,105)/t42?,43?,49-,50-,52-,56+,57+/m0/s1. The molecule has 2 unspecified atom stereocenters. The van der Waals surface area contributed by atoms with Crippen molar-refractivity contribution >= 4 is 65.7 Å².